The van der Waals surface area contributed by atoms with E-state index in [0.717, 1.165) is 31.2 Å². The van der Waals surface area contributed by atoms with Crippen LogP contribution in [0.3, 0.4) is 0 Å². The van der Waals surface area contributed by atoms with Gasteiger partial charge in [-0.05, 0) is 12.0 Å². The van der Waals surface area contributed by atoms with E-state index in [9.17, 15) is 14.4 Å². The van der Waals surface area contributed by atoms with Gasteiger partial charge in [0.15, 0.2) is 5.54 Å². The fraction of sp³-hybridized carbons (Fsp3) is 0.524. The number of unbranched alkanes of at least 4 members (excludes halogenated alkanes) is 5. The molecule has 1 aliphatic heterocycles. The second kappa shape index (κ2) is 10.00. The molecule has 0 aromatic heterocycles. The molecule has 1 amide bonds. The van der Waals surface area contributed by atoms with E-state index in [2.05, 4.69) is 17.4 Å². The normalized spacial score (nSPS) is 18.7. The third-order valence-corrected chi connectivity index (χ3v) is 4.85. The highest BCUT2D eigenvalue weighted by Crippen LogP contribution is 2.27. The minimum absolute atomic E-state index is 0.376. The molecule has 0 bridgehead atoms. The standard InChI is InChI=1S/C21H28N2O4/c1-3-4-5-6-7-11-14-21(22-19(25)16(2)24)18(23-27-20(21)26)15-17-12-9-8-10-13-17/h8-10,12-13H,3-7,11,14-15H2,1-2H3,(H,22,25). The lowest BCUT2D eigenvalue weighted by molar-refractivity contribution is -0.148. The molecule has 0 radical (unpaired) electrons. The summed E-state index contributed by atoms with van der Waals surface area (Å²) in [7, 11) is 0. The summed E-state index contributed by atoms with van der Waals surface area (Å²) in [6, 6.07) is 9.55. The van der Waals surface area contributed by atoms with Crippen LogP contribution in [0.25, 0.3) is 0 Å². The lowest BCUT2D eigenvalue weighted by Crippen LogP contribution is -2.59. The van der Waals surface area contributed by atoms with Crippen molar-refractivity contribution in [2.45, 2.75) is 70.8 Å². The van der Waals surface area contributed by atoms with Gasteiger partial charge in [-0.15, -0.1) is 0 Å². The molecule has 6 heteroatoms. The zero-order valence-corrected chi connectivity index (χ0v) is 16.1. The molecule has 1 atom stereocenters. The summed E-state index contributed by atoms with van der Waals surface area (Å²) in [5.74, 6) is -2.05. The highest BCUT2D eigenvalue weighted by molar-refractivity contribution is 6.37. The Morgan fingerprint density at radius 2 is 1.74 bits per heavy atom. The van der Waals surface area contributed by atoms with Crippen molar-refractivity contribution < 1.29 is 19.2 Å². The number of carbonyl (C=O) groups excluding carboxylic acids is 3. The van der Waals surface area contributed by atoms with Crippen molar-refractivity contribution in [3.05, 3.63) is 35.9 Å². The van der Waals surface area contributed by atoms with Gasteiger partial charge in [-0.2, -0.15) is 0 Å². The molecular weight excluding hydrogens is 344 g/mol. The Kier molecular flexibility index (Phi) is 7.70. The van der Waals surface area contributed by atoms with Gasteiger partial charge in [0.05, 0.1) is 5.71 Å². The maximum Gasteiger partial charge on any atom is 0.366 e. The number of Topliss-reactive ketones (excluding diaryl/α,β-unsaturated/α-hetero) is 1. The maximum absolute atomic E-state index is 12.6. The Morgan fingerprint density at radius 3 is 2.41 bits per heavy atom. The van der Waals surface area contributed by atoms with Crippen LogP contribution in [0.1, 0.15) is 64.4 Å². The Hall–Kier alpha value is -2.50. The molecule has 0 fully saturated rings. The average molecular weight is 372 g/mol. The summed E-state index contributed by atoms with van der Waals surface area (Å²) >= 11 is 0. The van der Waals surface area contributed by atoms with Gasteiger partial charge in [0.2, 0.25) is 5.78 Å². The van der Waals surface area contributed by atoms with Crippen molar-refractivity contribution in [2.75, 3.05) is 0 Å². The summed E-state index contributed by atoms with van der Waals surface area (Å²) in [6.45, 7) is 3.34. The van der Waals surface area contributed by atoms with Crippen molar-refractivity contribution in [1.82, 2.24) is 5.32 Å². The van der Waals surface area contributed by atoms with Gasteiger partial charge in [0, 0.05) is 13.3 Å². The number of oxime groups is 1. The fourth-order valence-electron chi connectivity index (χ4n) is 3.23. The first-order valence-corrected chi connectivity index (χ1v) is 9.65. The number of hydrogen-bond donors (Lipinski definition) is 1. The number of ketones is 1. The fourth-order valence-corrected chi connectivity index (χ4v) is 3.23. The first-order chi connectivity index (χ1) is 13.0. The van der Waals surface area contributed by atoms with E-state index in [1.807, 2.05) is 30.3 Å². The number of hydrogen-bond acceptors (Lipinski definition) is 5. The molecule has 1 aromatic carbocycles. The summed E-state index contributed by atoms with van der Waals surface area (Å²) in [6.07, 6.45) is 7.02. The molecule has 1 unspecified atom stereocenters. The highest BCUT2D eigenvalue weighted by Gasteiger charge is 2.50. The van der Waals surface area contributed by atoms with Crippen LogP contribution < -0.4 is 5.32 Å². The summed E-state index contributed by atoms with van der Waals surface area (Å²) < 4.78 is 0. The molecule has 146 valence electrons. The Morgan fingerprint density at radius 1 is 1.07 bits per heavy atom. The van der Waals surface area contributed by atoms with Crippen LogP contribution in [-0.4, -0.2) is 28.9 Å². The summed E-state index contributed by atoms with van der Waals surface area (Å²) in [4.78, 5) is 41.1. The van der Waals surface area contributed by atoms with E-state index in [4.69, 9.17) is 4.84 Å². The lowest BCUT2D eigenvalue weighted by Gasteiger charge is -2.27. The molecule has 0 saturated heterocycles. The van der Waals surface area contributed by atoms with E-state index < -0.39 is 23.2 Å². The maximum atomic E-state index is 12.6. The minimum atomic E-state index is -1.36. The quantitative estimate of drug-likeness (QED) is 0.367. The van der Waals surface area contributed by atoms with Gasteiger partial charge >= 0.3 is 5.97 Å². The number of amides is 1. The smallest absolute Gasteiger partial charge is 0.329 e. The topological polar surface area (TPSA) is 84.8 Å². The van der Waals surface area contributed by atoms with Crippen LogP contribution >= 0.6 is 0 Å². The second-order valence-electron chi connectivity index (χ2n) is 7.01. The van der Waals surface area contributed by atoms with Gasteiger partial charge < -0.3 is 10.2 Å². The van der Waals surface area contributed by atoms with Crippen molar-refractivity contribution in [2.24, 2.45) is 5.16 Å². The van der Waals surface area contributed by atoms with Gasteiger partial charge in [0.1, 0.15) is 0 Å². The molecule has 1 aliphatic rings. The Bertz CT molecular complexity index is 699. The second-order valence-corrected chi connectivity index (χ2v) is 7.01. The van der Waals surface area contributed by atoms with Gasteiger partial charge in [-0.3, -0.25) is 9.59 Å². The lowest BCUT2D eigenvalue weighted by atomic mass is 9.84. The summed E-state index contributed by atoms with van der Waals surface area (Å²) in [5, 5.41) is 6.57. The van der Waals surface area contributed by atoms with Crippen LogP contribution in [0, 0.1) is 0 Å². The van der Waals surface area contributed by atoms with Crippen molar-refractivity contribution in [3.8, 4) is 0 Å². The van der Waals surface area contributed by atoms with Gasteiger partial charge in [-0.1, -0.05) is 80.9 Å². The Labute approximate surface area is 160 Å². The van der Waals surface area contributed by atoms with E-state index in [-0.39, 0.29) is 0 Å². The molecule has 1 N–H and O–H groups in total. The Balaban J connectivity index is 2.15. The largest absolute Gasteiger partial charge is 0.366 e. The van der Waals surface area contributed by atoms with Crippen LogP contribution in [0.4, 0.5) is 0 Å². The molecule has 0 spiro atoms. The molecular formula is C21H28N2O4. The highest BCUT2D eigenvalue weighted by atomic mass is 16.7. The summed E-state index contributed by atoms with van der Waals surface area (Å²) in [5.41, 5.74) is 0.0457. The molecule has 1 aromatic rings. The zero-order valence-electron chi connectivity index (χ0n) is 16.1. The molecule has 1 heterocycles. The third-order valence-electron chi connectivity index (χ3n) is 4.85. The SMILES string of the molecule is CCCCCCCCC1(NC(=O)C(C)=O)C(=O)ON=C1Cc1ccccc1. The predicted molar refractivity (Wildman–Crippen MR) is 103 cm³/mol. The number of benzene rings is 1. The number of carbonyl (C=O) groups is 3. The van der Waals surface area contributed by atoms with Crippen molar-refractivity contribution in [3.63, 3.8) is 0 Å². The van der Waals surface area contributed by atoms with E-state index in [0.29, 0.717) is 18.6 Å². The van der Waals surface area contributed by atoms with Crippen LogP contribution in [0.2, 0.25) is 0 Å². The number of rotatable bonds is 11. The number of nitrogens with zero attached hydrogens (tertiary/aromatic N) is 1. The van der Waals surface area contributed by atoms with Crippen LogP contribution in [-0.2, 0) is 25.6 Å². The molecule has 0 aliphatic carbocycles. The van der Waals surface area contributed by atoms with E-state index >= 15 is 0 Å². The van der Waals surface area contributed by atoms with Crippen molar-refractivity contribution in [1.29, 1.82) is 0 Å². The number of nitrogens with one attached hydrogen (secondary N) is 1. The zero-order chi connectivity index (χ0) is 19.7. The molecule has 0 saturated carbocycles. The minimum Gasteiger partial charge on any atom is -0.329 e. The first-order valence-electron chi connectivity index (χ1n) is 9.65. The molecule has 6 nitrogen and oxygen atoms in total. The molecule has 2 rings (SSSR count). The van der Waals surface area contributed by atoms with Crippen molar-refractivity contribution >= 4 is 23.4 Å². The van der Waals surface area contributed by atoms with E-state index in [1.165, 1.54) is 19.8 Å². The van der Waals surface area contributed by atoms with Gasteiger partial charge in [-0.25, -0.2) is 4.79 Å². The molecule has 27 heavy (non-hydrogen) atoms. The predicted octanol–water partition coefficient (Wildman–Crippen LogP) is 3.34. The van der Waals surface area contributed by atoms with Crippen LogP contribution in [0.15, 0.2) is 35.5 Å². The third kappa shape index (κ3) is 5.49. The first kappa shape index (κ1) is 20.8. The van der Waals surface area contributed by atoms with Crippen LogP contribution in [0.5, 0.6) is 0 Å². The van der Waals surface area contributed by atoms with Gasteiger partial charge in [0.25, 0.3) is 5.91 Å². The average Bonchev–Trinajstić information content (AvgIpc) is 2.95. The monoisotopic (exact) mass is 372 g/mol. The van der Waals surface area contributed by atoms with E-state index in [1.54, 1.807) is 0 Å².